The molecule has 0 saturated carbocycles. The molecule has 2 saturated heterocycles. The molecule has 192 valence electrons. The van der Waals surface area contributed by atoms with Crippen molar-refractivity contribution in [2.45, 2.75) is 69.9 Å². The zero-order chi connectivity index (χ0) is 25.7. The number of ether oxygens (including phenoxy) is 2. The quantitative estimate of drug-likeness (QED) is 0.238. The smallest absolute Gasteiger partial charge is 0.361 e. The number of benzene rings is 1. The van der Waals surface area contributed by atoms with Gasteiger partial charge in [0.1, 0.15) is 23.6 Å². The number of hydrogen-bond donors (Lipinski definition) is 2. The van der Waals surface area contributed by atoms with E-state index < -0.39 is 30.0 Å². The number of carbonyl (C=O) groups excluding carboxylic acids is 3. The van der Waals surface area contributed by atoms with Gasteiger partial charge in [0.2, 0.25) is 5.91 Å². The van der Waals surface area contributed by atoms with Gasteiger partial charge in [-0.05, 0) is 56.4 Å². The molecule has 8 nitrogen and oxygen atoms in total. The summed E-state index contributed by atoms with van der Waals surface area (Å²) < 4.78 is 11.3. The lowest BCUT2D eigenvalue weighted by Crippen LogP contribution is -2.64. The van der Waals surface area contributed by atoms with E-state index in [4.69, 9.17) is 27.4 Å². The molecule has 0 aromatic heterocycles. The molecule has 0 radical (unpaired) electrons. The highest BCUT2D eigenvalue weighted by Gasteiger charge is 2.61. The van der Waals surface area contributed by atoms with Crippen LogP contribution in [0, 0.1) is 11.8 Å². The molecular weight excluding hydrogens is 498 g/mol. The highest BCUT2D eigenvalue weighted by Crippen LogP contribution is 2.52. The predicted octanol–water partition coefficient (Wildman–Crippen LogP) is 2.47. The van der Waals surface area contributed by atoms with Gasteiger partial charge in [-0.3, -0.25) is 9.59 Å². The van der Waals surface area contributed by atoms with Crippen molar-refractivity contribution in [3.05, 3.63) is 39.9 Å². The van der Waals surface area contributed by atoms with Gasteiger partial charge < -0.3 is 25.4 Å². The standard InChI is InChI=1S/C26H31N3O5S2/c1-12-21-20(14(3)33-25(31)13(2)27)24(30)29(21)22(23(12)36-18-10-19(35)28-11-18)26(32)34-17-8-7-15-5-4-6-16(15)9-17/h7-9,12-14,18,20-21H,4-6,10-11,27H2,1-3H3,(H,28,35)/t12-,13+,14-,18-,20-,21-/m1/s1. The van der Waals surface area contributed by atoms with E-state index in [2.05, 4.69) is 5.32 Å². The molecule has 0 spiro atoms. The van der Waals surface area contributed by atoms with Gasteiger partial charge in [0.25, 0.3) is 0 Å². The zero-order valence-electron chi connectivity index (χ0n) is 20.6. The van der Waals surface area contributed by atoms with Crippen LogP contribution in [0.25, 0.3) is 0 Å². The number of aryl methyl sites for hydroxylation is 2. The Morgan fingerprint density at radius 2 is 2.00 bits per heavy atom. The van der Waals surface area contributed by atoms with Crippen LogP contribution in [0.4, 0.5) is 0 Å². The highest BCUT2D eigenvalue weighted by molar-refractivity contribution is 8.03. The normalized spacial score (nSPS) is 28.3. The lowest BCUT2D eigenvalue weighted by Gasteiger charge is -2.47. The number of thioether (sulfide) groups is 1. The number of hydrogen-bond acceptors (Lipinski definition) is 8. The molecule has 1 aliphatic carbocycles. The van der Waals surface area contributed by atoms with Crippen LogP contribution in [0.5, 0.6) is 5.75 Å². The number of esters is 2. The first kappa shape index (κ1) is 25.2. The van der Waals surface area contributed by atoms with Crippen LogP contribution >= 0.6 is 24.0 Å². The fourth-order valence-corrected chi connectivity index (χ4v) is 7.44. The number of amides is 1. The molecule has 0 unspecified atom stereocenters. The molecule has 3 heterocycles. The topological polar surface area (TPSA) is 111 Å². The van der Waals surface area contributed by atoms with E-state index in [-0.39, 0.29) is 23.1 Å². The van der Waals surface area contributed by atoms with E-state index in [0.29, 0.717) is 24.4 Å². The minimum Gasteiger partial charge on any atom is -0.461 e. The number of β-lactam (4-membered cyclic amide) rings is 1. The van der Waals surface area contributed by atoms with E-state index in [9.17, 15) is 14.4 Å². The number of nitrogens with zero attached hydrogens (tertiary/aromatic N) is 1. The van der Waals surface area contributed by atoms with Crippen LogP contribution in [0.1, 0.15) is 44.7 Å². The summed E-state index contributed by atoms with van der Waals surface area (Å²) in [6.07, 6.45) is 3.18. The minimum atomic E-state index is -0.777. The van der Waals surface area contributed by atoms with E-state index in [1.165, 1.54) is 11.1 Å². The molecule has 0 bridgehead atoms. The average molecular weight is 530 g/mol. The van der Waals surface area contributed by atoms with Crippen molar-refractivity contribution >= 4 is 46.8 Å². The van der Waals surface area contributed by atoms with Crippen LogP contribution in [0.2, 0.25) is 0 Å². The first-order chi connectivity index (χ1) is 17.2. The van der Waals surface area contributed by atoms with E-state index in [1.54, 1.807) is 30.5 Å². The van der Waals surface area contributed by atoms with Gasteiger partial charge in [-0.2, -0.15) is 0 Å². The number of nitrogens with two attached hydrogens (primary N) is 1. The summed E-state index contributed by atoms with van der Waals surface area (Å²) in [7, 11) is 0. The fourth-order valence-electron chi connectivity index (χ4n) is 5.63. The maximum atomic E-state index is 13.6. The molecule has 2 fully saturated rings. The molecular formula is C26H31N3O5S2. The minimum absolute atomic E-state index is 0.120. The molecule has 1 amide bonds. The molecule has 1 aromatic carbocycles. The highest BCUT2D eigenvalue weighted by atomic mass is 32.2. The summed E-state index contributed by atoms with van der Waals surface area (Å²) >= 11 is 6.89. The van der Waals surface area contributed by atoms with E-state index in [1.807, 2.05) is 25.1 Å². The summed E-state index contributed by atoms with van der Waals surface area (Å²) in [6, 6.07) is 4.69. The van der Waals surface area contributed by atoms with Gasteiger partial charge in [0.15, 0.2) is 0 Å². The molecule has 10 heteroatoms. The van der Waals surface area contributed by atoms with Gasteiger partial charge in [-0.15, -0.1) is 11.8 Å². The van der Waals surface area contributed by atoms with E-state index >= 15 is 0 Å². The monoisotopic (exact) mass is 529 g/mol. The number of rotatable bonds is 7. The fraction of sp³-hybridized carbons (Fsp3) is 0.538. The van der Waals surface area contributed by atoms with Gasteiger partial charge in [-0.1, -0.05) is 25.2 Å². The Labute approximate surface area is 220 Å². The average Bonchev–Trinajstić information content (AvgIpc) is 3.51. The van der Waals surface area contributed by atoms with Crippen molar-refractivity contribution in [1.29, 1.82) is 0 Å². The van der Waals surface area contributed by atoms with Gasteiger partial charge in [0, 0.05) is 29.0 Å². The van der Waals surface area contributed by atoms with Gasteiger partial charge in [-0.25, -0.2) is 4.79 Å². The molecule has 4 aliphatic rings. The van der Waals surface area contributed by atoms with Crippen LogP contribution < -0.4 is 15.8 Å². The van der Waals surface area contributed by atoms with Crippen molar-refractivity contribution in [2.24, 2.45) is 17.6 Å². The predicted molar refractivity (Wildman–Crippen MR) is 140 cm³/mol. The van der Waals surface area contributed by atoms with Gasteiger partial charge >= 0.3 is 11.9 Å². The number of fused-ring (bicyclic) bond motifs is 2. The van der Waals surface area contributed by atoms with Crippen LogP contribution in [0.3, 0.4) is 0 Å². The van der Waals surface area contributed by atoms with Crippen LogP contribution in [-0.2, 0) is 32.0 Å². The number of thiocarbonyl (C=S) groups is 1. The lowest BCUT2D eigenvalue weighted by atomic mass is 9.79. The van der Waals surface area contributed by atoms with Crippen molar-refractivity contribution in [2.75, 3.05) is 6.54 Å². The Kier molecular flexibility index (Phi) is 6.86. The molecule has 5 rings (SSSR count). The Morgan fingerprint density at radius 3 is 2.69 bits per heavy atom. The van der Waals surface area contributed by atoms with E-state index in [0.717, 1.165) is 29.2 Å². The molecule has 1 aromatic rings. The third-order valence-corrected chi connectivity index (χ3v) is 9.27. The summed E-state index contributed by atoms with van der Waals surface area (Å²) in [5, 5.41) is 3.36. The maximum Gasteiger partial charge on any atom is 0.361 e. The molecule has 36 heavy (non-hydrogen) atoms. The Morgan fingerprint density at radius 1 is 1.25 bits per heavy atom. The summed E-state index contributed by atoms with van der Waals surface area (Å²) in [6.45, 7) is 5.97. The van der Waals surface area contributed by atoms with Crippen molar-refractivity contribution < 1.29 is 23.9 Å². The summed E-state index contributed by atoms with van der Waals surface area (Å²) in [4.78, 5) is 42.2. The lowest BCUT2D eigenvalue weighted by molar-refractivity contribution is -0.172. The molecule has 3 N–H and O–H groups in total. The largest absolute Gasteiger partial charge is 0.461 e. The van der Waals surface area contributed by atoms with Crippen molar-refractivity contribution in [3.8, 4) is 5.75 Å². The summed E-state index contributed by atoms with van der Waals surface area (Å²) in [5.41, 5.74) is 8.44. The first-order valence-corrected chi connectivity index (χ1v) is 13.7. The van der Waals surface area contributed by atoms with Gasteiger partial charge in [0.05, 0.1) is 16.9 Å². The second-order valence-corrected chi connectivity index (χ2v) is 11.9. The SMILES string of the molecule is C[C@H](N)C(=O)O[C@H](C)[C@H]1C(=O)N2C(C(=O)Oc3ccc4c(c3)CCC4)=C(S[C@H]3CNC(=S)C3)[C@H](C)[C@H]12. The Bertz CT molecular complexity index is 1170. The second-order valence-electron chi connectivity index (χ2n) is 10.1. The maximum absolute atomic E-state index is 13.6. The molecule has 6 atom stereocenters. The second kappa shape index (κ2) is 9.79. The third-order valence-electron chi connectivity index (χ3n) is 7.48. The number of nitrogens with one attached hydrogen (secondary N) is 1. The van der Waals surface area contributed by atoms with Crippen molar-refractivity contribution in [3.63, 3.8) is 0 Å². The third kappa shape index (κ3) is 4.43. The van der Waals surface area contributed by atoms with Crippen molar-refractivity contribution in [1.82, 2.24) is 10.2 Å². The first-order valence-electron chi connectivity index (χ1n) is 12.5. The van der Waals surface area contributed by atoms with Crippen LogP contribution in [-0.4, -0.2) is 57.7 Å². The zero-order valence-corrected chi connectivity index (χ0v) is 22.2. The summed E-state index contributed by atoms with van der Waals surface area (Å²) in [5.74, 6) is -1.51. The number of carbonyl (C=O) groups is 3. The Balaban J connectivity index is 1.41. The van der Waals surface area contributed by atoms with Crippen LogP contribution in [0.15, 0.2) is 28.8 Å². The molecule has 3 aliphatic heterocycles. The Hall–Kier alpha value is -2.43.